The Morgan fingerprint density at radius 1 is 0.615 bits per heavy atom. The number of fused-ring (bicyclic) bond motifs is 8. The molecular formula is C35H28Br2N2. The standard InChI is InChI=1S/C35H28Br2N2/c1-2-3-4-9-18-39-34-31-21-25(37)15-17-29(31)28-16-14-24(36)20-30(28)33(34)38-35(39)32-26-12-7-5-10-22(26)19-23-11-6-8-13-27(23)32/h5-8,10-17,19-21H,2-4,9,18H2,1H3. The number of imidazole rings is 1. The summed E-state index contributed by atoms with van der Waals surface area (Å²) in [6.45, 7) is 3.21. The van der Waals surface area contributed by atoms with Gasteiger partial charge in [-0.25, -0.2) is 4.98 Å². The summed E-state index contributed by atoms with van der Waals surface area (Å²) in [6.07, 6.45) is 4.81. The summed E-state index contributed by atoms with van der Waals surface area (Å²) in [5.41, 5.74) is 3.52. The molecule has 1 heterocycles. The first-order valence-corrected chi connectivity index (χ1v) is 15.3. The number of unbranched alkanes of at least 4 members (excludes halogenated alkanes) is 3. The molecule has 0 radical (unpaired) electrons. The van der Waals surface area contributed by atoms with E-state index < -0.39 is 0 Å². The van der Waals surface area contributed by atoms with Crippen LogP contribution in [0.15, 0.2) is 99.9 Å². The Hall–Kier alpha value is -3.21. The summed E-state index contributed by atoms with van der Waals surface area (Å²) in [5, 5.41) is 9.91. The summed E-state index contributed by atoms with van der Waals surface area (Å²) in [7, 11) is 0. The van der Waals surface area contributed by atoms with E-state index in [1.807, 2.05) is 0 Å². The number of benzene rings is 6. The number of aryl methyl sites for hydroxylation is 1. The lowest BCUT2D eigenvalue weighted by Gasteiger charge is -2.15. The molecular weight excluding hydrogens is 608 g/mol. The second-order valence-corrected chi connectivity index (χ2v) is 12.2. The van der Waals surface area contributed by atoms with Crippen LogP contribution >= 0.6 is 31.9 Å². The van der Waals surface area contributed by atoms with E-state index in [1.54, 1.807) is 0 Å². The summed E-state index contributed by atoms with van der Waals surface area (Å²) in [6, 6.07) is 33.1. The number of halogens is 2. The summed E-state index contributed by atoms with van der Waals surface area (Å²) in [5.74, 6) is 1.06. The number of hydrogen-bond acceptors (Lipinski definition) is 1. The third kappa shape index (κ3) is 4.16. The quantitative estimate of drug-likeness (QED) is 0.101. The van der Waals surface area contributed by atoms with Crippen molar-refractivity contribution in [3.8, 4) is 11.4 Å². The first-order chi connectivity index (χ1) is 19.1. The molecule has 0 spiro atoms. The van der Waals surface area contributed by atoms with Gasteiger partial charge in [0.2, 0.25) is 0 Å². The molecule has 39 heavy (non-hydrogen) atoms. The van der Waals surface area contributed by atoms with Crippen molar-refractivity contribution in [2.24, 2.45) is 0 Å². The molecule has 6 aromatic carbocycles. The van der Waals surface area contributed by atoms with E-state index in [-0.39, 0.29) is 0 Å². The maximum absolute atomic E-state index is 5.56. The van der Waals surface area contributed by atoms with Crippen molar-refractivity contribution < 1.29 is 0 Å². The number of nitrogens with zero attached hydrogens (tertiary/aromatic N) is 2. The van der Waals surface area contributed by atoms with Crippen molar-refractivity contribution in [2.75, 3.05) is 0 Å². The maximum Gasteiger partial charge on any atom is 0.142 e. The summed E-state index contributed by atoms with van der Waals surface area (Å²) < 4.78 is 4.68. The first-order valence-electron chi connectivity index (χ1n) is 13.8. The second kappa shape index (κ2) is 10.1. The molecule has 0 aliphatic carbocycles. The first kappa shape index (κ1) is 24.8. The van der Waals surface area contributed by atoms with Crippen molar-refractivity contribution in [1.29, 1.82) is 0 Å². The minimum Gasteiger partial charge on any atom is -0.323 e. The molecule has 0 aliphatic heterocycles. The number of aromatic nitrogens is 2. The zero-order valence-electron chi connectivity index (χ0n) is 21.8. The molecule has 0 atom stereocenters. The SMILES string of the molecule is CCCCCCn1c(-c2c3ccccc3cc3ccccc23)nc2c3cc(Br)ccc3c3ccc(Br)cc3c21. The van der Waals surface area contributed by atoms with Crippen molar-refractivity contribution >= 4 is 86.0 Å². The van der Waals surface area contributed by atoms with Gasteiger partial charge >= 0.3 is 0 Å². The smallest absolute Gasteiger partial charge is 0.142 e. The van der Waals surface area contributed by atoms with Crippen LogP contribution in [0.3, 0.4) is 0 Å². The minimum absolute atomic E-state index is 0.935. The molecule has 0 N–H and O–H groups in total. The lowest BCUT2D eigenvalue weighted by atomic mass is 9.96. The topological polar surface area (TPSA) is 17.8 Å². The highest BCUT2D eigenvalue weighted by molar-refractivity contribution is 9.10. The summed E-state index contributed by atoms with van der Waals surface area (Å²) >= 11 is 7.52. The van der Waals surface area contributed by atoms with E-state index >= 15 is 0 Å². The van der Waals surface area contributed by atoms with Gasteiger partial charge in [0.15, 0.2) is 0 Å². The highest BCUT2D eigenvalue weighted by Crippen LogP contribution is 2.42. The predicted octanol–water partition coefficient (Wildman–Crippen LogP) is 11.4. The van der Waals surface area contributed by atoms with Crippen molar-refractivity contribution in [1.82, 2.24) is 9.55 Å². The molecule has 2 nitrogen and oxygen atoms in total. The van der Waals surface area contributed by atoms with Gasteiger partial charge in [-0.3, -0.25) is 0 Å². The molecule has 1 aromatic heterocycles. The third-order valence-electron chi connectivity index (χ3n) is 7.96. The van der Waals surface area contributed by atoms with Crippen LogP contribution in [0.25, 0.3) is 65.5 Å². The van der Waals surface area contributed by atoms with E-state index in [9.17, 15) is 0 Å². The van der Waals surface area contributed by atoms with Gasteiger partial charge in [-0.05, 0) is 69.1 Å². The molecule has 7 aromatic rings. The monoisotopic (exact) mass is 634 g/mol. The normalized spacial score (nSPS) is 12.0. The Balaban J connectivity index is 1.67. The molecule has 0 bridgehead atoms. The zero-order chi connectivity index (χ0) is 26.5. The fourth-order valence-corrected chi connectivity index (χ4v) is 6.89. The maximum atomic E-state index is 5.56. The Bertz CT molecular complexity index is 1980. The lowest BCUT2D eigenvalue weighted by Crippen LogP contribution is -2.02. The fraction of sp³-hybridized carbons (Fsp3) is 0.171. The molecule has 0 saturated heterocycles. The van der Waals surface area contributed by atoms with Crippen molar-refractivity contribution in [3.05, 3.63) is 99.9 Å². The zero-order valence-corrected chi connectivity index (χ0v) is 25.0. The fourth-order valence-electron chi connectivity index (χ4n) is 6.17. The Labute approximate surface area is 244 Å². The predicted molar refractivity (Wildman–Crippen MR) is 175 cm³/mol. The van der Waals surface area contributed by atoms with Crippen LogP contribution in [0.2, 0.25) is 0 Å². The highest BCUT2D eigenvalue weighted by atomic mass is 79.9. The Kier molecular flexibility index (Phi) is 6.41. The van der Waals surface area contributed by atoms with Crippen LogP contribution in [-0.4, -0.2) is 9.55 Å². The summed E-state index contributed by atoms with van der Waals surface area (Å²) in [4.78, 5) is 5.56. The van der Waals surface area contributed by atoms with E-state index in [4.69, 9.17) is 4.98 Å². The van der Waals surface area contributed by atoms with Crippen LogP contribution < -0.4 is 0 Å². The van der Waals surface area contributed by atoms with Crippen molar-refractivity contribution in [3.63, 3.8) is 0 Å². The van der Waals surface area contributed by atoms with Crippen LogP contribution in [0.5, 0.6) is 0 Å². The molecule has 0 fully saturated rings. The molecule has 192 valence electrons. The second-order valence-electron chi connectivity index (χ2n) is 10.4. The molecule has 0 unspecified atom stereocenters. The molecule has 7 rings (SSSR count). The van der Waals surface area contributed by atoms with Gasteiger partial charge in [0.05, 0.1) is 11.0 Å². The van der Waals surface area contributed by atoms with E-state index in [1.165, 1.54) is 73.4 Å². The van der Waals surface area contributed by atoms with Gasteiger partial charge in [-0.1, -0.05) is 119 Å². The van der Waals surface area contributed by atoms with Gasteiger partial charge in [-0.2, -0.15) is 0 Å². The number of rotatable bonds is 6. The molecule has 0 amide bonds. The average Bonchev–Trinajstić information content (AvgIpc) is 3.33. The Morgan fingerprint density at radius 2 is 1.23 bits per heavy atom. The van der Waals surface area contributed by atoms with Crippen LogP contribution in [0.4, 0.5) is 0 Å². The lowest BCUT2D eigenvalue weighted by molar-refractivity contribution is 0.595. The minimum atomic E-state index is 0.935. The van der Waals surface area contributed by atoms with Gasteiger partial charge in [0.25, 0.3) is 0 Å². The molecule has 0 saturated carbocycles. The van der Waals surface area contributed by atoms with Gasteiger partial charge < -0.3 is 4.57 Å². The number of hydrogen-bond donors (Lipinski definition) is 0. The van der Waals surface area contributed by atoms with E-state index in [0.29, 0.717) is 0 Å². The van der Waals surface area contributed by atoms with Gasteiger partial charge in [-0.15, -0.1) is 0 Å². The average molecular weight is 636 g/mol. The molecule has 4 heteroatoms. The van der Waals surface area contributed by atoms with Gasteiger partial charge in [0, 0.05) is 31.8 Å². The van der Waals surface area contributed by atoms with Gasteiger partial charge in [0.1, 0.15) is 5.82 Å². The van der Waals surface area contributed by atoms with Crippen LogP contribution in [0, 0.1) is 0 Å². The van der Waals surface area contributed by atoms with E-state index in [2.05, 4.69) is 134 Å². The van der Waals surface area contributed by atoms with Crippen molar-refractivity contribution in [2.45, 2.75) is 39.2 Å². The largest absolute Gasteiger partial charge is 0.323 e. The van der Waals surface area contributed by atoms with Crippen LogP contribution in [0.1, 0.15) is 32.6 Å². The molecule has 0 aliphatic rings. The highest BCUT2D eigenvalue weighted by Gasteiger charge is 2.22. The third-order valence-corrected chi connectivity index (χ3v) is 8.95. The van der Waals surface area contributed by atoms with Crippen LogP contribution in [-0.2, 0) is 6.54 Å². The Morgan fingerprint density at radius 3 is 1.90 bits per heavy atom. The van der Waals surface area contributed by atoms with E-state index in [0.717, 1.165) is 33.3 Å².